The van der Waals surface area contributed by atoms with Gasteiger partial charge in [0.05, 0.1) is 24.0 Å². The van der Waals surface area contributed by atoms with Crippen LogP contribution in [0.15, 0.2) is 0 Å². The lowest BCUT2D eigenvalue weighted by atomic mass is 9.82. The summed E-state index contributed by atoms with van der Waals surface area (Å²) in [6.45, 7) is 7.46. The van der Waals surface area contributed by atoms with Gasteiger partial charge in [-0.1, -0.05) is 0 Å². The summed E-state index contributed by atoms with van der Waals surface area (Å²) in [5, 5.41) is 7.69. The number of amides is 1. The maximum Gasteiger partial charge on any atom is 0.269 e. The number of carbonyl (C=O) groups excluding carboxylic acids is 1. The van der Waals surface area contributed by atoms with E-state index in [1.165, 1.54) is 0 Å². The summed E-state index contributed by atoms with van der Waals surface area (Å²) in [5.41, 5.74) is 2.68. The van der Waals surface area contributed by atoms with Gasteiger partial charge in [0.2, 0.25) is 0 Å². The fraction of sp³-hybridized carbons (Fsp3) is 0.765. The first-order valence-electron chi connectivity index (χ1n) is 8.59. The molecule has 0 aromatic carbocycles. The Hall–Kier alpha value is -1.40. The van der Waals surface area contributed by atoms with Crippen molar-refractivity contribution in [3.05, 3.63) is 17.0 Å². The topological polar surface area (TPSA) is 65.4 Å². The predicted octanol–water partition coefficient (Wildman–Crippen LogP) is 2.08. The van der Waals surface area contributed by atoms with Gasteiger partial charge in [-0.3, -0.25) is 9.48 Å². The van der Waals surface area contributed by atoms with Gasteiger partial charge in [0.25, 0.3) is 5.91 Å². The third kappa shape index (κ3) is 3.15. The van der Waals surface area contributed by atoms with Crippen LogP contribution in [-0.2, 0) is 22.4 Å². The van der Waals surface area contributed by atoms with Crippen molar-refractivity contribution in [3.63, 3.8) is 0 Å². The summed E-state index contributed by atoms with van der Waals surface area (Å²) in [4.78, 5) is 12.7. The van der Waals surface area contributed by atoms with Crippen LogP contribution >= 0.6 is 0 Å². The van der Waals surface area contributed by atoms with Crippen molar-refractivity contribution < 1.29 is 14.3 Å². The molecule has 1 aliphatic carbocycles. The van der Waals surface area contributed by atoms with Crippen molar-refractivity contribution >= 4 is 5.91 Å². The zero-order valence-corrected chi connectivity index (χ0v) is 14.5. The van der Waals surface area contributed by atoms with Crippen LogP contribution in [0.4, 0.5) is 0 Å². The molecular weight excluding hydrogens is 294 g/mol. The van der Waals surface area contributed by atoms with Crippen LogP contribution in [0.1, 0.15) is 61.5 Å². The first-order valence-corrected chi connectivity index (χ1v) is 8.59. The van der Waals surface area contributed by atoms with Crippen molar-refractivity contribution in [1.82, 2.24) is 15.1 Å². The van der Waals surface area contributed by atoms with Gasteiger partial charge in [0.1, 0.15) is 5.69 Å². The van der Waals surface area contributed by atoms with Crippen LogP contribution in [-0.4, -0.2) is 41.6 Å². The number of ether oxygens (including phenoxy) is 2. The van der Waals surface area contributed by atoms with Gasteiger partial charge >= 0.3 is 0 Å². The fourth-order valence-electron chi connectivity index (χ4n) is 3.63. The van der Waals surface area contributed by atoms with E-state index >= 15 is 0 Å². The molecule has 23 heavy (non-hydrogen) atoms. The molecule has 1 amide bonds. The number of aryl methyl sites for hydroxylation is 1. The number of aromatic nitrogens is 2. The quantitative estimate of drug-likeness (QED) is 0.902. The number of nitrogens with one attached hydrogen (secondary N) is 1. The molecule has 1 fully saturated rings. The van der Waals surface area contributed by atoms with Gasteiger partial charge in [0, 0.05) is 32.2 Å². The highest BCUT2D eigenvalue weighted by molar-refractivity contribution is 5.94. The van der Waals surface area contributed by atoms with E-state index in [0.717, 1.165) is 30.5 Å². The maximum absolute atomic E-state index is 12.7. The Bertz CT molecular complexity index is 578. The number of nitrogens with zero attached hydrogens (tertiary/aromatic N) is 2. The number of hydrogen-bond acceptors (Lipinski definition) is 4. The van der Waals surface area contributed by atoms with E-state index in [4.69, 9.17) is 9.47 Å². The third-order valence-corrected chi connectivity index (χ3v) is 4.99. The minimum atomic E-state index is -0.0535. The molecule has 0 unspecified atom stereocenters. The molecule has 128 valence electrons. The number of fused-ring (bicyclic) bond motifs is 1. The molecule has 1 aromatic rings. The summed E-state index contributed by atoms with van der Waals surface area (Å²) in [6.07, 6.45) is 3.24. The standard InChI is InChI=1S/C17H27N3O3/c1-5-20-16(14-6-10(2)23-11(3)15(14)19-20)17(21)18-9-12-7-13(8-12)22-4/h10-13H,5-9H2,1-4H3,(H,18,21)/t10-,11+,12?,13?/m0/s1. The first-order chi connectivity index (χ1) is 11.0. The zero-order valence-electron chi connectivity index (χ0n) is 14.5. The summed E-state index contributed by atoms with van der Waals surface area (Å²) < 4.78 is 12.9. The van der Waals surface area contributed by atoms with E-state index in [1.54, 1.807) is 7.11 Å². The van der Waals surface area contributed by atoms with Crippen LogP contribution in [0.25, 0.3) is 0 Å². The molecule has 6 heteroatoms. The Kier molecular flexibility index (Phi) is 4.73. The number of methoxy groups -OCH3 is 1. The predicted molar refractivity (Wildman–Crippen MR) is 86.4 cm³/mol. The fourth-order valence-corrected chi connectivity index (χ4v) is 3.63. The average Bonchev–Trinajstić information content (AvgIpc) is 2.84. The summed E-state index contributed by atoms with van der Waals surface area (Å²) in [6, 6.07) is 0. The van der Waals surface area contributed by atoms with Crippen molar-refractivity contribution in [2.45, 2.75) is 64.9 Å². The zero-order chi connectivity index (χ0) is 16.6. The van der Waals surface area contributed by atoms with E-state index in [2.05, 4.69) is 10.4 Å². The highest BCUT2D eigenvalue weighted by atomic mass is 16.5. The molecule has 0 spiro atoms. The molecule has 2 atom stereocenters. The smallest absolute Gasteiger partial charge is 0.269 e. The second kappa shape index (κ2) is 6.61. The second-order valence-electron chi connectivity index (χ2n) is 6.73. The molecule has 2 aliphatic rings. The minimum absolute atomic E-state index is 0.0113. The van der Waals surface area contributed by atoms with Crippen molar-refractivity contribution in [2.75, 3.05) is 13.7 Å². The van der Waals surface area contributed by atoms with E-state index in [9.17, 15) is 4.79 Å². The van der Waals surface area contributed by atoms with Crippen LogP contribution in [0.3, 0.4) is 0 Å². The van der Waals surface area contributed by atoms with Crippen LogP contribution < -0.4 is 5.32 Å². The van der Waals surface area contributed by atoms with Gasteiger partial charge in [0.15, 0.2) is 0 Å². The SMILES string of the molecule is CCn1nc2c(c1C(=O)NCC1CC(OC)C1)C[C@H](C)O[C@@H]2C. The number of rotatable bonds is 5. The van der Waals surface area contributed by atoms with E-state index in [-0.39, 0.29) is 18.1 Å². The molecule has 2 heterocycles. The second-order valence-corrected chi connectivity index (χ2v) is 6.73. The average molecular weight is 321 g/mol. The van der Waals surface area contributed by atoms with Gasteiger partial charge in [-0.2, -0.15) is 5.10 Å². The molecule has 0 bridgehead atoms. The summed E-state index contributed by atoms with van der Waals surface area (Å²) in [5.74, 6) is 0.515. The lowest BCUT2D eigenvalue weighted by Crippen LogP contribution is -2.40. The van der Waals surface area contributed by atoms with E-state index in [0.29, 0.717) is 30.8 Å². The number of carbonyl (C=O) groups is 1. The molecule has 1 N–H and O–H groups in total. The van der Waals surface area contributed by atoms with Crippen molar-refractivity contribution in [1.29, 1.82) is 0 Å². The van der Waals surface area contributed by atoms with Gasteiger partial charge in [-0.25, -0.2) is 0 Å². The molecular formula is C17H27N3O3. The number of hydrogen-bond donors (Lipinski definition) is 1. The molecule has 3 rings (SSSR count). The Labute approximate surface area is 137 Å². The Morgan fingerprint density at radius 1 is 1.43 bits per heavy atom. The Morgan fingerprint density at radius 3 is 2.83 bits per heavy atom. The first kappa shape index (κ1) is 16.5. The van der Waals surface area contributed by atoms with Gasteiger partial charge in [-0.05, 0) is 39.5 Å². The van der Waals surface area contributed by atoms with Gasteiger partial charge in [-0.15, -0.1) is 0 Å². The van der Waals surface area contributed by atoms with Crippen molar-refractivity contribution in [2.24, 2.45) is 5.92 Å². The molecule has 1 aliphatic heterocycles. The molecule has 1 aromatic heterocycles. The van der Waals surface area contributed by atoms with Crippen LogP contribution in [0, 0.1) is 5.92 Å². The molecule has 1 saturated carbocycles. The summed E-state index contributed by atoms with van der Waals surface area (Å²) >= 11 is 0. The Morgan fingerprint density at radius 2 is 2.17 bits per heavy atom. The lowest BCUT2D eigenvalue weighted by Gasteiger charge is -2.34. The molecule has 0 saturated heterocycles. The van der Waals surface area contributed by atoms with Crippen LogP contribution in [0.2, 0.25) is 0 Å². The lowest BCUT2D eigenvalue weighted by molar-refractivity contribution is -0.00717. The highest BCUT2D eigenvalue weighted by Gasteiger charge is 2.33. The summed E-state index contributed by atoms with van der Waals surface area (Å²) in [7, 11) is 1.75. The normalized spacial score (nSPS) is 29.7. The largest absolute Gasteiger partial charge is 0.381 e. The highest BCUT2D eigenvalue weighted by Crippen LogP contribution is 2.32. The minimum Gasteiger partial charge on any atom is -0.381 e. The van der Waals surface area contributed by atoms with E-state index < -0.39 is 0 Å². The monoisotopic (exact) mass is 321 g/mol. The van der Waals surface area contributed by atoms with Crippen LogP contribution in [0.5, 0.6) is 0 Å². The van der Waals surface area contributed by atoms with Crippen molar-refractivity contribution in [3.8, 4) is 0 Å². The van der Waals surface area contributed by atoms with E-state index in [1.807, 2.05) is 25.5 Å². The molecule has 6 nitrogen and oxygen atoms in total. The third-order valence-electron chi connectivity index (χ3n) is 4.99. The molecule has 0 radical (unpaired) electrons. The maximum atomic E-state index is 12.7. The Balaban J connectivity index is 1.72. The van der Waals surface area contributed by atoms with Gasteiger partial charge < -0.3 is 14.8 Å².